The minimum Gasteiger partial charge on any atom is -0.368 e. The molecule has 0 bridgehead atoms. The number of hydrazone groups is 1. The van der Waals surface area contributed by atoms with E-state index < -0.39 is 11.9 Å². The Kier molecular flexibility index (Phi) is 5.14. The molecule has 1 atom stereocenters. The first-order valence-corrected chi connectivity index (χ1v) is 10.2. The summed E-state index contributed by atoms with van der Waals surface area (Å²) in [6, 6.07) is 9.52. The van der Waals surface area contributed by atoms with Gasteiger partial charge in [-0.15, -0.1) is 0 Å². The third-order valence-electron chi connectivity index (χ3n) is 6.18. The van der Waals surface area contributed by atoms with E-state index in [2.05, 4.69) is 10.0 Å². The van der Waals surface area contributed by atoms with Crippen LogP contribution in [0, 0.1) is 0 Å². The van der Waals surface area contributed by atoms with E-state index in [-0.39, 0.29) is 5.91 Å². The summed E-state index contributed by atoms with van der Waals surface area (Å²) in [6.45, 7) is 0. The summed E-state index contributed by atoms with van der Waals surface area (Å²) in [6.07, 6.45) is 9.37. The quantitative estimate of drug-likeness (QED) is 0.868. The number of rotatable bonds is 5. The van der Waals surface area contributed by atoms with Crippen LogP contribution in [-0.2, 0) is 9.59 Å². The van der Waals surface area contributed by atoms with E-state index in [1.165, 1.54) is 25.7 Å². The number of carbonyl (C=O) groups excluding carboxylic acids is 2. The highest BCUT2D eigenvalue weighted by Crippen LogP contribution is 2.33. The van der Waals surface area contributed by atoms with Gasteiger partial charge in [-0.25, -0.2) is 0 Å². The monoisotopic (exact) mass is 368 g/mol. The number of carbonyl (C=O) groups is 2. The molecule has 2 aliphatic carbocycles. The van der Waals surface area contributed by atoms with Crippen LogP contribution in [0.5, 0.6) is 0 Å². The molecule has 27 heavy (non-hydrogen) atoms. The minimum absolute atomic E-state index is 0.0125. The van der Waals surface area contributed by atoms with Crippen LogP contribution in [0.25, 0.3) is 0 Å². The van der Waals surface area contributed by atoms with Crippen molar-refractivity contribution in [3.05, 3.63) is 30.3 Å². The molecule has 6 heteroatoms. The molecule has 1 aliphatic heterocycles. The van der Waals surface area contributed by atoms with Crippen molar-refractivity contribution in [1.82, 2.24) is 4.90 Å². The molecule has 4 rings (SSSR count). The highest BCUT2D eigenvalue weighted by atomic mass is 16.2. The van der Waals surface area contributed by atoms with Crippen molar-refractivity contribution in [1.29, 1.82) is 0 Å². The van der Waals surface area contributed by atoms with Crippen LogP contribution in [-0.4, -0.2) is 40.6 Å². The minimum atomic E-state index is -0.597. The van der Waals surface area contributed by atoms with Crippen molar-refractivity contribution in [2.45, 2.75) is 75.9 Å². The van der Waals surface area contributed by atoms with Gasteiger partial charge in [0, 0.05) is 18.5 Å². The summed E-state index contributed by atoms with van der Waals surface area (Å²) in [4.78, 5) is 27.6. The van der Waals surface area contributed by atoms with Gasteiger partial charge < -0.3 is 10.6 Å². The predicted molar refractivity (Wildman–Crippen MR) is 105 cm³/mol. The van der Waals surface area contributed by atoms with Gasteiger partial charge >= 0.3 is 0 Å². The second-order valence-corrected chi connectivity index (χ2v) is 7.94. The van der Waals surface area contributed by atoms with Gasteiger partial charge in [0.2, 0.25) is 5.91 Å². The molecule has 2 saturated carbocycles. The van der Waals surface area contributed by atoms with Gasteiger partial charge in [0.15, 0.2) is 0 Å². The number of para-hydroxylation sites is 1. The molecule has 0 spiro atoms. The summed E-state index contributed by atoms with van der Waals surface area (Å²) in [7, 11) is 0. The Balaban J connectivity index is 1.61. The first-order chi connectivity index (χ1) is 13.1. The van der Waals surface area contributed by atoms with Gasteiger partial charge in [-0.1, -0.05) is 43.9 Å². The fourth-order valence-electron chi connectivity index (χ4n) is 4.82. The molecular weight excluding hydrogens is 340 g/mol. The van der Waals surface area contributed by atoms with E-state index in [0.717, 1.165) is 31.4 Å². The van der Waals surface area contributed by atoms with Gasteiger partial charge in [-0.05, 0) is 37.8 Å². The molecule has 0 radical (unpaired) electrons. The fraction of sp³-hybridized carbons (Fsp3) is 0.571. The smallest absolute Gasteiger partial charge is 0.270 e. The van der Waals surface area contributed by atoms with Crippen LogP contribution in [0.1, 0.15) is 57.8 Å². The maximum atomic E-state index is 13.5. The van der Waals surface area contributed by atoms with Crippen LogP contribution >= 0.6 is 0 Å². The lowest BCUT2D eigenvalue weighted by Crippen LogP contribution is -2.48. The normalized spacial score (nSPS) is 23.6. The van der Waals surface area contributed by atoms with Gasteiger partial charge in [0.1, 0.15) is 11.8 Å². The Labute approximate surface area is 160 Å². The van der Waals surface area contributed by atoms with Gasteiger partial charge in [-0.2, -0.15) is 5.10 Å². The molecule has 1 aromatic carbocycles. The van der Waals surface area contributed by atoms with E-state index >= 15 is 0 Å². The third-order valence-corrected chi connectivity index (χ3v) is 6.18. The molecular formula is C21H28N4O2. The van der Waals surface area contributed by atoms with Crippen molar-refractivity contribution in [3.8, 4) is 0 Å². The number of primary amides is 1. The van der Waals surface area contributed by atoms with Crippen molar-refractivity contribution in [2.75, 3.05) is 5.01 Å². The maximum absolute atomic E-state index is 13.5. The SMILES string of the molecule is NC(=O)C1CC(C(=O)N(C2CCCC2)C2CCCC2)=NN1c1ccccc1. The van der Waals surface area contributed by atoms with Gasteiger partial charge in [0.05, 0.1) is 5.69 Å². The van der Waals surface area contributed by atoms with E-state index in [1.54, 1.807) is 5.01 Å². The number of amides is 2. The van der Waals surface area contributed by atoms with Crippen LogP contribution in [0.3, 0.4) is 0 Å². The molecule has 1 heterocycles. The van der Waals surface area contributed by atoms with Crippen LogP contribution in [0.15, 0.2) is 35.4 Å². The number of hydrogen-bond donors (Lipinski definition) is 1. The highest BCUT2D eigenvalue weighted by molar-refractivity contribution is 6.40. The Hall–Kier alpha value is -2.37. The van der Waals surface area contributed by atoms with Gasteiger partial charge in [0.25, 0.3) is 5.91 Å². The van der Waals surface area contributed by atoms with E-state index in [4.69, 9.17) is 5.73 Å². The van der Waals surface area contributed by atoms with E-state index in [0.29, 0.717) is 24.2 Å². The Morgan fingerprint density at radius 2 is 1.52 bits per heavy atom. The zero-order chi connectivity index (χ0) is 18.8. The van der Waals surface area contributed by atoms with E-state index in [1.807, 2.05) is 30.3 Å². The standard InChI is InChI=1S/C21H28N4O2/c22-20(26)19-14-18(23-25(19)17-12-2-1-3-13-17)21(27)24(15-8-4-5-9-15)16-10-6-7-11-16/h1-3,12-13,15-16,19H,4-11,14H2,(H2,22,26). The largest absolute Gasteiger partial charge is 0.368 e. The molecule has 1 aromatic rings. The Morgan fingerprint density at radius 3 is 2.04 bits per heavy atom. The predicted octanol–water partition coefficient (Wildman–Crippen LogP) is 2.82. The van der Waals surface area contributed by atoms with Crippen LogP contribution in [0.2, 0.25) is 0 Å². The molecule has 144 valence electrons. The lowest BCUT2D eigenvalue weighted by atomic mass is 10.0. The average Bonchev–Trinajstić information content (AvgIpc) is 3.44. The van der Waals surface area contributed by atoms with Crippen molar-refractivity contribution in [3.63, 3.8) is 0 Å². The van der Waals surface area contributed by atoms with Crippen molar-refractivity contribution >= 4 is 23.2 Å². The topological polar surface area (TPSA) is 79.0 Å². The lowest BCUT2D eigenvalue weighted by Gasteiger charge is -2.34. The first-order valence-electron chi connectivity index (χ1n) is 10.2. The molecule has 2 fully saturated rings. The molecule has 2 N–H and O–H groups in total. The summed E-state index contributed by atoms with van der Waals surface area (Å²) < 4.78 is 0. The maximum Gasteiger partial charge on any atom is 0.270 e. The van der Waals surface area contributed by atoms with Crippen LogP contribution in [0.4, 0.5) is 5.69 Å². The number of anilines is 1. The Morgan fingerprint density at radius 1 is 0.963 bits per heavy atom. The summed E-state index contributed by atoms with van der Waals surface area (Å²) in [5.74, 6) is -0.433. The second-order valence-electron chi connectivity index (χ2n) is 7.94. The number of benzene rings is 1. The average molecular weight is 368 g/mol. The molecule has 1 unspecified atom stereocenters. The summed E-state index contributed by atoms with van der Waals surface area (Å²) in [5.41, 5.74) is 6.89. The van der Waals surface area contributed by atoms with Crippen molar-refractivity contribution in [2.24, 2.45) is 10.8 Å². The molecule has 3 aliphatic rings. The first kappa shape index (κ1) is 18.0. The molecule has 2 amide bonds. The summed E-state index contributed by atoms with van der Waals surface area (Å²) >= 11 is 0. The van der Waals surface area contributed by atoms with Crippen LogP contribution < -0.4 is 10.7 Å². The lowest BCUT2D eigenvalue weighted by molar-refractivity contribution is -0.128. The second kappa shape index (κ2) is 7.71. The number of nitrogens with two attached hydrogens (primary N) is 1. The molecule has 6 nitrogen and oxygen atoms in total. The summed E-state index contributed by atoms with van der Waals surface area (Å²) in [5, 5.41) is 6.20. The van der Waals surface area contributed by atoms with E-state index in [9.17, 15) is 9.59 Å². The van der Waals surface area contributed by atoms with Crippen molar-refractivity contribution < 1.29 is 9.59 Å². The number of nitrogens with zero attached hydrogens (tertiary/aromatic N) is 3. The van der Waals surface area contributed by atoms with Gasteiger partial charge in [-0.3, -0.25) is 14.6 Å². The third kappa shape index (κ3) is 3.57. The fourth-order valence-corrected chi connectivity index (χ4v) is 4.82. The zero-order valence-corrected chi connectivity index (χ0v) is 15.7. The molecule has 0 aromatic heterocycles. The Bertz CT molecular complexity index is 705. The zero-order valence-electron chi connectivity index (χ0n) is 15.7. The highest BCUT2D eigenvalue weighted by Gasteiger charge is 2.41. The molecule has 0 saturated heterocycles. The number of hydrogen-bond acceptors (Lipinski definition) is 4.